The Morgan fingerprint density at radius 2 is 1.80 bits per heavy atom. The van der Waals surface area contributed by atoms with Crippen molar-refractivity contribution in [3.63, 3.8) is 0 Å². The number of hydrogen-bond donors (Lipinski definition) is 0. The van der Waals surface area contributed by atoms with E-state index in [9.17, 15) is 0 Å². The van der Waals surface area contributed by atoms with Crippen molar-refractivity contribution in [2.45, 2.75) is 44.3 Å². The maximum atomic E-state index is 2.26. The third-order valence-corrected chi connectivity index (χ3v) is 3.23. The second kappa shape index (κ2) is 6.05. The van der Waals surface area contributed by atoms with E-state index in [0.717, 1.165) is 5.25 Å². The molecule has 2 N–H and O–H groups in total. The smallest absolute Gasteiger partial charge is 0.00469 e. The van der Waals surface area contributed by atoms with Gasteiger partial charge in [-0.25, -0.2) is 0 Å². The molecular weight excluding hydrogens is 144 g/mol. The minimum Gasteiger partial charge on any atom is -0.412 e. The Morgan fingerprint density at radius 1 is 1.20 bits per heavy atom. The van der Waals surface area contributed by atoms with Gasteiger partial charge in [0.1, 0.15) is 0 Å². The Hall–Kier alpha value is 0.310. The van der Waals surface area contributed by atoms with Crippen molar-refractivity contribution < 1.29 is 5.48 Å². The van der Waals surface area contributed by atoms with E-state index in [1.165, 1.54) is 37.9 Å². The fourth-order valence-electron chi connectivity index (χ4n) is 1.47. The van der Waals surface area contributed by atoms with Crippen molar-refractivity contribution in [3.05, 3.63) is 0 Å². The molecule has 10 heavy (non-hydrogen) atoms. The van der Waals surface area contributed by atoms with Crippen molar-refractivity contribution in [2.24, 2.45) is 0 Å². The molecule has 0 radical (unpaired) electrons. The Labute approximate surface area is 67.9 Å². The molecule has 2 heteroatoms. The van der Waals surface area contributed by atoms with Gasteiger partial charge in [0.25, 0.3) is 0 Å². The molecule has 0 spiro atoms. The molecule has 0 bridgehead atoms. The highest BCUT2D eigenvalue weighted by Gasteiger charge is 2.11. The Morgan fingerprint density at radius 3 is 2.30 bits per heavy atom. The summed E-state index contributed by atoms with van der Waals surface area (Å²) in [5.41, 5.74) is 0. The lowest BCUT2D eigenvalue weighted by Gasteiger charge is -2.19. The van der Waals surface area contributed by atoms with Crippen LogP contribution in [0.25, 0.3) is 0 Å². The highest BCUT2D eigenvalue weighted by atomic mass is 32.2. The highest BCUT2D eigenvalue weighted by molar-refractivity contribution is 7.99. The minimum atomic E-state index is 0. The standard InChI is InChI=1S/C8H16S.H2O/c1-2-9-8-6-4-3-5-7-8;/h8H,2-7H2,1H3;1H2. The van der Waals surface area contributed by atoms with E-state index in [1.807, 2.05) is 0 Å². The second-order valence-corrected chi connectivity index (χ2v) is 4.29. The largest absolute Gasteiger partial charge is 0.412 e. The summed E-state index contributed by atoms with van der Waals surface area (Å²) in [6, 6.07) is 0. The first-order valence-corrected chi connectivity index (χ1v) is 5.10. The Balaban J connectivity index is 0.000000810. The van der Waals surface area contributed by atoms with E-state index < -0.39 is 0 Å². The van der Waals surface area contributed by atoms with Crippen LogP contribution in [0.3, 0.4) is 0 Å². The molecule has 1 aliphatic rings. The predicted octanol–water partition coefficient (Wildman–Crippen LogP) is 2.25. The van der Waals surface area contributed by atoms with E-state index in [1.54, 1.807) is 0 Å². The summed E-state index contributed by atoms with van der Waals surface area (Å²) in [7, 11) is 0. The first-order valence-electron chi connectivity index (χ1n) is 4.05. The fourth-order valence-corrected chi connectivity index (χ4v) is 2.61. The van der Waals surface area contributed by atoms with Crippen LogP contribution >= 0.6 is 11.8 Å². The maximum Gasteiger partial charge on any atom is 0.00469 e. The molecule has 1 aliphatic carbocycles. The summed E-state index contributed by atoms with van der Waals surface area (Å²) in [5.74, 6) is 1.31. The monoisotopic (exact) mass is 162 g/mol. The SMILES string of the molecule is CCSC1CCCCC1.O. The van der Waals surface area contributed by atoms with Crippen LogP contribution in [0.4, 0.5) is 0 Å². The normalized spacial score (nSPS) is 20.1. The lowest BCUT2D eigenvalue weighted by molar-refractivity contribution is 0.516. The maximum absolute atomic E-state index is 2.26. The van der Waals surface area contributed by atoms with Crippen LogP contribution in [0, 0.1) is 0 Å². The van der Waals surface area contributed by atoms with Gasteiger partial charge in [-0.15, -0.1) is 0 Å². The average molecular weight is 162 g/mol. The number of rotatable bonds is 2. The summed E-state index contributed by atoms with van der Waals surface area (Å²) < 4.78 is 0. The predicted molar refractivity (Wildman–Crippen MR) is 48.6 cm³/mol. The van der Waals surface area contributed by atoms with Gasteiger partial charge in [-0.3, -0.25) is 0 Å². The lowest BCUT2D eigenvalue weighted by atomic mass is 10.0. The van der Waals surface area contributed by atoms with E-state index in [4.69, 9.17) is 0 Å². The van der Waals surface area contributed by atoms with Gasteiger partial charge in [0.15, 0.2) is 0 Å². The van der Waals surface area contributed by atoms with E-state index in [0.29, 0.717) is 0 Å². The summed E-state index contributed by atoms with van der Waals surface area (Å²) in [5, 5.41) is 1.02. The molecule has 0 saturated heterocycles. The molecule has 1 nitrogen and oxygen atoms in total. The van der Waals surface area contributed by atoms with Crippen molar-refractivity contribution in [3.8, 4) is 0 Å². The molecule has 0 atom stereocenters. The third-order valence-electron chi connectivity index (χ3n) is 1.95. The molecule has 0 amide bonds. The second-order valence-electron chi connectivity index (χ2n) is 2.72. The van der Waals surface area contributed by atoms with Gasteiger partial charge >= 0.3 is 0 Å². The quantitative estimate of drug-likeness (QED) is 0.612. The molecule has 0 heterocycles. The Kier molecular flexibility index (Phi) is 6.24. The van der Waals surface area contributed by atoms with E-state index in [-0.39, 0.29) is 5.48 Å². The first kappa shape index (κ1) is 10.3. The zero-order chi connectivity index (χ0) is 6.53. The van der Waals surface area contributed by atoms with Crippen molar-refractivity contribution in [2.75, 3.05) is 5.75 Å². The van der Waals surface area contributed by atoms with Gasteiger partial charge < -0.3 is 5.48 Å². The van der Waals surface area contributed by atoms with Gasteiger partial charge in [0.05, 0.1) is 0 Å². The van der Waals surface area contributed by atoms with Crippen LogP contribution in [-0.4, -0.2) is 16.5 Å². The molecule has 0 aromatic rings. The highest BCUT2D eigenvalue weighted by Crippen LogP contribution is 2.27. The molecule has 1 rings (SSSR count). The van der Waals surface area contributed by atoms with E-state index >= 15 is 0 Å². The van der Waals surface area contributed by atoms with Gasteiger partial charge in [-0.1, -0.05) is 26.2 Å². The first-order chi connectivity index (χ1) is 4.43. The summed E-state index contributed by atoms with van der Waals surface area (Å²) in [6.07, 6.45) is 7.42. The van der Waals surface area contributed by atoms with Gasteiger partial charge in [-0.2, -0.15) is 11.8 Å². The molecule has 0 aromatic carbocycles. The molecule has 1 fully saturated rings. The molecule has 0 aliphatic heterocycles. The molecular formula is C8H18OS. The van der Waals surface area contributed by atoms with E-state index in [2.05, 4.69) is 18.7 Å². The fraction of sp³-hybridized carbons (Fsp3) is 1.00. The van der Waals surface area contributed by atoms with Crippen LogP contribution in [0.5, 0.6) is 0 Å². The van der Waals surface area contributed by atoms with Crippen LogP contribution in [0.15, 0.2) is 0 Å². The van der Waals surface area contributed by atoms with Gasteiger partial charge in [0, 0.05) is 5.25 Å². The van der Waals surface area contributed by atoms with Crippen LogP contribution in [0.1, 0.15) is 39.0 Å². The minimum absolute atomic E-state index is 0. The van der Waals surface area contributed by atoms with Gasteiger partial charge in [0.2, 0.25) is 0 Å². The molecule has 0 unspecified atom stereocenters. The zero-order valence-electron chi connectivity index (χ0n) is 6.73. The topological polar surface area (TPSA) is 31.5 Å². The third kappa shape index (κ3) is 3.47. The average Bonchev–Trinajstić information content (AvgIpc) is 1.91. The lowest BCUT2D eigenvalue weighted by Crippen LogP contribution is -2.07. The van der Waals surface area contributed by atoms with Crippen LogP contribution < -0.4 is 0 Å². The zero-order valence-corrected chi connectivity index (χ0v) is 7.54. The van der Waals surface area contributed by atoms with Crippen LogP contribution in [0.2, 0.25) is 0 Å². The molecule has 0 aromatic heterocycles. The molecule has 1 saturated carbocycles. The summed E-state index contributed by atoms with van der Waals surface area (Å²) in [4.78, 5) is 0. The van der Waals surface area contributed by atoms with Crippen molar-refractivity contribution in [1.29, 1.82) is 0 Å². The summed E-state index contributed by atoms with van der Waals surface area (Å²) in [6.45, 7) is 2.26. The number of thioether (sulfide) groups is 1. The summed E-state index contributed by atoms with van der Waals surface area (Å²) >= 11 is 2.15. The van der Waals surface area contributed by atoms with Gasteiger partial charge in [-0.05, 0) is 18.6 Å². The number of hydrogen-bond acceptors (Lipinski definition) is 1. The van der Waals surface area contributed by atoms with Crippen LogP contribution in [-0.2, 0) is 0 Å². The van der Waals surface area contributed by atoms with Crippen molar-refractivity contribution >= 4 is 11.8 Å². The Bertz CT molecular complexity index is 66.9. The molecule has 62 valence electrons. The van der Waals surface area contributed by atoms with Crippen molar-refractivity contribution in [1.82, 2.24) is 0 Å².